The molecule has 0 aliphatic rings. The van der Waals surface area contributed by atoms with E-state index in [1.54, 1.807) is 0 Å². The Labute approximate surface area is 122 Å². The molecule has 1 nitrogen and oxygen atoms in total. The molecule has 1 unspecified atom stereocenters. The van der Waals surface area contributed by atoms with E-state index in [2.05, 4.69) is 6.92 Å². The number of aryl methyl sites for hydroxylation is 1. The number of hydrogen-bond donors (Lipinski definition) is 1. The molecule has 1 atom stereocenters. The first-order chi connectivity index (χ1) is 9.91. The predicted molar refractivity (Wildman–Crippen MR) is 77.9 cm³/mol. The highest BCUT2D eigenvalue weighted by molar-refractivity contribution is 5.35. The second-order valence-electron chi connectivity index (χ2n) is 5.09. The fourth-order valence-electron chi connectivity index (χ4n) is 2.25. The van der Waals surface area contributed by atoms with Crippen molar-refractivity contribution in [3.05, 3.63) is 70.8 Å². The van der Waals surface area contributed by atoms with Crippen molar-refractivity contribution in [2.45, 2.75) is 32.0 Å². The molecule has 0 fully saturated rings. The second kappa shape index (κ2) is 6.31. The molecule has 112 valence electrons. The van der Waals surface area contributed by atoms with Crippen molar-refractivity contribution in [1.82, 2.24) is 0 Å². The van der Waals surface area contributed by atoms with Crippen LogP contribution < -0.4 is 5.73 Å². The van der Waals surface area contributed by atoms with Gasteiger partial charge in [-0.1, -0.05) is 49.7 Å². The summed E-state index contributed by atoms with van der Waals surface area (Å²) in [5.74, 6) is 0. The lowest BCUT2D eigenvalue weighted by Crippen LogP contribution is -2.12. The van der Waals surface area contributed by atoms with Crippen LogP contribution in [0.2, 0.25) is 0 Å². The molecule has 0 aliphatic heterocycles. The largest absolute Gasteiger partial charge is 0.416 e. The minimum absolute atomic E-state index is 0.414. The predicted octanol–water partition coefficient (Wildman–Crippen LogP) is 4.71. The molecule has 0 heterocycles. The summed E-state index contributed by atoms with van der Waals surface area (Å²) < 4.78 is 37.6. The number of halogens is 3. The standard InChI is InChI=1S/C17H18F3N/c1-2-3-12-4-6-13(7-5-12)16(21)14-8-10-15(11-9-14)17(18,19)20/h4-11,16H,2-3,21H2,1H3. The number of rotatable bonds is 4. The Morgan fingerprint density at radius 2 is 1.38 bits per heavy atom. The van der Waals surface area contributed by atoms with E-state index in [0.29, 0.717) is 5.56 Å². The highest BCUT2D eigenvalue weighted by Crippen LogP contribution is 2.30. The van der Waals surface area contributed by atoms with E-state index < -0.39 is 17.8 Å². The first kappa shape index (κ1) is 15.6. The summed E-state index contributed by atoms with van der Waals surface area (Å²) in [6.45, 7) is 2.11. The van der Waals surface area contributed by atoms with Crippen LogP contribution in [0.4, 0.5) is 13.2 Å². The molecule has 2 aromatic rings. The van der Waals surface area contributed by atoms with Crippen LogP contribution in [-0.2, 0) is 12.6 Å². The van der Waals surface area contributed by atoms with Gasteiger partial charge >= 0.3 is 6.18 Å². The van der Waals surface area contributed by atoms with Gasteiger partial charge in [-0.25, -0.2) is 0 Å². The van der Waals surface area contributed by atoms with Crippen LogP contribution in [-0.4, -0.2) is 0 Å². The highest BCUT2D eigenvalue weighted by atomic mass is 19.4. The maximum atomic E-state index is 12.5. The van der Waals surface area contributed by atoms with Crippen LogP contribution in [0.5, 0.6) is 0 Å². The molecule has 0 saturated heterocycles. The van der Waals surface area contributed by atoms with Crippen molar-refractivity contribution in [2.24, 2.45) is 5.73 Å². The maximum Gasteiger partial charge on any atom is 0.416 e. The fourth-order valence-corrected chi connectivity index (χ4v) is 2.25. The van der Waals surface area contributed by atoms with E-state index in [0.717, 1.165) is 30.5 Å². The zero-order chi connectivity index (χ0) is 15.5. The molecule has 2 aromatic carbocycles. The van der Waals surface area contributed by atoms with Gasteiger partial charge in [0, 0.05) is 0 Å². The van der Waals surface area contributed by atoms with Crippen molar-refractivity contribution >= 4 is 0 Å². The molecule has 4 heteroatoms. The van der Waals surface area contributed by atoms with Gasteiger partial charge in [0.15, 0.2) is 0 Å². The van der Waals surface area contributed by atoms with Crippen LogP contribution in [0.15, 0.2) is 48.5 Å². The lowest BCUT2D eigenvalue weighted by Gasteiger charge is -2.14. The van der Waals surface area contributed by atoms with E-state index in [1.807, 2.05) is 24.3 Å². The second-order valence-corrected chi connectivity index (χ2v) is 5.09. The van der Waals surface area contributed by atoms with Crippen molar-refractivity contribution < 1.29 is 13.2 Å². The third kappa shape index (κ3) is 3.85. The maximum absolute atomic E-state index is 12.5. The minimum Gasteiger partial charge on any atom is -0.320 e. The average molecular weight is 293 g/mol. The fraction of sp³-hybridized carbons (Fsp3) is 0.294. The normalized spacial score (nSPS) is 13.2. The van der Waals surface area contributed by atoms with E-state index in [-0.39, 0.29) is 0 Å². The Morgan fingerprint density at radius 1 is 0.905 bits per heavy atom. The van der Waals surface area contributed by atoms with Gasteiger partial charge in [-0.05, 0) is 35.2 Å². The molecule has 0 radical (unpaired) electrons. The zero-order valence-corrected chi connectivity index (χ0v) is 11.8. The molecular formula is C17H18F3N. The average Bonchev–Trinajstić information content (AvgIpc) is 2.47. The van der Waals surface area contributed by atoms with E-state index in [9.17, 15) is 13.2 Å². The smallest absolute Gasteiger partial charge is 0.320 e. The van der Waals surface area contributed by atoms with Gasteiger partial charge in [0.05, 0.1) is 11.6 Å². The Balaban J connectivity index is 2.17. The summed E-state index contributed by atoms with van der Waals surface area (Å²) in [6.07, 6.45) is -2.23. The van der Waals surface area contributed by atoms with E-state index in [1.165, 1.54) is 17.7 Å². The van der Waals surface area contributed by atoms with Gasteiger partial charge in [-0.15, -0.1) is 0 Å². The summed E-state index contributed by atoms with van der Waals surface area (Å²) in [7, 11) is 0. The van der Waals surface area contributed by atoms with Crippen LogP contribution in [0.3, 0.4) is 0 Å². The molecule has 2 rings (SSSR count). The van der Waals surface area contributed by atoms with E-state index in [4.69, 9.17) is 5.73 Å². The van der Waals surface area contributed by atoms with Crippen LogP contribution in [0.25, 0.3) is 0 Å². The summed E-state index contributed by atoms with van der Waals surface area (Å²) in [5, 5.41) is 0. The number of alkyl halides is 3. The molecule has 0 aromatic heterocycles. The third-order valence-corrected chi connectivity index (χ3v) is 3.47. The van der Waals surface area contributed by atoms with Gasteiger partial charge in [0.2, 0.25) is 0 Å². The molecule has 0 amide bonds. The Hall–Kier alpha value is -1.81. The highest BCUT2D eigenvalue weighted by Gasteiger charge is 2.30. The van der Waals surface area contributed by atoms with Crippen LogP contribution >= 0.6 is 0 Å². The van der Waals surface area contributed by atoms with Gasteiger partial charge in [0.25, 0.3) is 0 Å². The number of hydrogen-bond acceptors (Lipinski definition) is 1. The Bertz CT molecular complexity index is 570. The van der Waals surface area contributed by atoms with Crippen LogP contribution in [0.1, 0.15) is 41.6 Å². The summed E-state index contributed by atoms with van der Waals surface area (Å²) >= 11 is 0. The number of benzene rings is 2. The van der Waals surface area contributed by atoms with Gasteiger partial charge < -0.3 is 5.73 Å². The first-order valence-electron chi connectivity index (χ1n) is 6.93. The Kier molecular flexibility index (Phi) is 4.68. The molecule has 0 spiro atoms. The lowest BCUT2D eigenvalue weighted by atomic mass is 9.97. The minimum atomic E-state index is -4.32. The third-order valence-electron chi connectivity index (χ3n) is 3.47. The monoisotopic (exact) mass is 293 g/mol. The molecule has 2 N–H and O–H groups in total. The molecule has 0 bridgehead atoms. The van der Waals surface area contributed by atoms with Crippen molar-refractivity contribution in [3.63, 3.8) is 0 Å². The topological polar surface area (TPSA) is 26.0 Å². The molecule has 0 aliphatic carbocycles. The quantitative estimate of drug-likeness (QED) is 0.868. The number of nitrogens with two attached hydrogens (primary N) is 1. The van der Waals surface area contributed by atoms with Crippen molar-refractivity contribution in [2.75, 3.05) is 0 Å². The summed E-state index contributed by atoms with van der Waals surface area (Å²) in [6, 6.07) is 12.5. The zero-order valence-electron chi connectivity index (χ0n) is 11.8. The molecule has 0 saturated carbocycles. The van der Waals surface area contributed by atoms with Gasteiger partial charge in [-0.3, -0.25) is 0 Å². The van der Waals surface area contributed by atoms with Gasteiger partial charge in [0.1, 0.15) is 0 Å². The summed E-state index contributed by atoms with van der Waals surface area (Å²) in [5.41, 5.74) is 8.27. The van der Waals surface area contributed by atoms with Crippen molar-refractivity contribution in [3.8, 4) is 0 Å². The SMILES string of the molecule is CCCc1ccc(C(N)c2ccc(C(F)(F)F)cc2)cc1. The molecule has 21 heavy (non-hydrogen) atoms. The first-order valence-corrected chi connectivity index (χ1v) is 6.93. The Morgan fingerprint density at radius 3 is 1.81 bits per heavy atom. The van der Waals surface area contributed by atoms with Crippen LogP contribution in [0, 0.1) is 0 Å². The molecular weight excluding hydrogens is 275 g/mol. The lowest BCUT2D eigenvalue weighted by molar-refractivity contribution is -0.137. The van der Waals surface area contributed by atoms with Crippen molar-refractivity contribution in [1.29, 1.82) is 0 Å². The summed E-state index contributed by atoms with van der Waals surface area (Å²) in [4.78, 5) is 0. The van der Waals surface area contributed by atoms with Gasteiger partial charge in [-0.2, -0.15) is 13.2 Å². The van der Waals surface area contributed by atoms with E-state index >= 15 is 0 Å².